The molecule has 0 aliphatic heterocycles. The van der Waals surface area contributed by atoms with Crippen LogP contribution in [0.25, 0.3) is 0 Å². The second-order valence-corrected chi connectivity index (χ2v) is 6.66. The summed E-state index contributed by atoms with van der Waals surface area (Å²) in [6, 6.07) is 6.69. The second kappa shape index (κ2) is 7.28. The lowest BCUT2D eigenvalue weighted by Crippen LogP contribution is -2.39. The summed E-state index contributed by atoms with van der Waals surface area (Å²) in [7, 11) is 0. The first kappa shape index (κ1) is 16.3. The minimum atomic E-state index is -0.465. The summed E-state index contributed by atoms with van der Waals surface area (Å²) in [4.78, 5) is 0. The molecule has 1 aromatic carbocycles. The van der Waals surface area contributed by atoms with Gasteiger partial charge in [-0.15, -0.1) is 0 Å². The average molecular weight is 291 g/mol. The van der Waals surface area contributed by atoms with E-state index in [9.17, 15) is 5.11 Å². The van der Waals surface area contributed by atoms with Crippen LogP contribution >= 0.6 is 0 Å². The number of benzene rings is 1. The van der Waals surface area contributed by atoms with Crippen molar-refractivity contribution in [1.82, 2.24) is 5.32 Å². The van der Waals surface area contributed by atoms with Gasteiger partial charge in [-0.1, -0.05) is 26.0 Å². The number of ether oxygens (including phenoxy) is 1. The van der Waals surface area contributed by atoms with Gasteiger partial charge in [0, 0.05) is 12.6 Å². The number of nitrogens with one attached hydrogen (secondary N) is 1. The summed E-state index contributed by atoms with van der Waals surface area (Å²) in [5.74, 6) is 2.35. The number of aliphatic hydroxyl groups excluding tert-OH is 1. The predicted molar refractivity (Wildman–Crippen MR) is 86.8 cm³/mol. The maximum Gasteiger partial charge on any atom is 0.122 e. The largest absolute Gasteiger partial charge is 0.491 e. The molecule has 1 fully saturated rings. The molecular weight excluding hydrogens is 262 g/mol. The summed E-state index contributed by atoms with van der Waals surface area (Å²) >= 11 is 0. The molecule has 2 N–H and O–H groups in total. The molecule has 0 bridgehead atoms. The van der Waals surface area contributed by atoms with Gasteiger partial charge in [0.2, 0.25) is 0 Å². The molecule has 2 rings (SSSR count). The Morgan fingerprint density at radius 3 is 2.71 bits per heavy atom. The van der Waals surface area contributed by atoms with E-state index >= 15 is 0 Å². The molecule has 0 amide bonds. The Morgan fingerprint density at radius 2 is 2.05 bits per heavy atom. The third-order valence-electron chi connectivity index (χ3n) is 4.86. The molecule has 4 unspecified atom stereocenters. The Kier molecular flexibility index (Phi) is 5.65. The fourth-order valence-electron chi connectivity index (χ4n) is 3.05. The van der Waals surface area contributed by atoms with E-state index in [-0.39, 0.29) is 0 Å². The quantitative estimate of drug-likeness (QED) is 0.846. The van der Waals surface area contributed by atoms with Crippen LogP contribution in [-0.2, 0) is 0 Å². The minimum absolute atomic E-state index is 0.341. The van der Waals surface area contributed by atoms with Crippen molar-refractivity contribution in [1.29, 1.82) is 0 Å². The average Bonchev–Trinajstić information content (AvgIpc) is 2.77. The molecule has 1 saturated carbocycles. The number of aryl methyl sites for hydroxylation is 2. The summed E-state index contributed by atoms with van der Waals surface area (Å²) in [6.07, 6.45) is 2.04. The maximum absolute atomic E-state index is 10.1. The van der Waals surface area contributed by atoms with Crippen molar-refractivity contribution in [2.24, 2.45) is 11.8 Å². The monoisotopic (exact) mass is 291 g/mol. The number of hydrogen-bond acceptors (Lipinski definition) is 3. The van der Waals surface area contributed by atoms with E-state index in [2.05, 4.69) is 31.3 Å². The van der Waals surface area contributed by atoms with Crippen LogP contribution in [-0.4, -0.2) is 30.4 Å². The summed E-state index contributed by atoms with van der Waals surface area (Å²) in [6.45, 7) is 9.63. The van der Waals surface area contributed by atoms with Crippen LogP contribution in [0.3, 0.4) is 0 Å². The van der Waals surface area contributed by atoms with E-state index in [1.54, 1.807) is 0 Å². The zero-order valence-corrected chi connectivity index (χ0v) is 13.7. The number of rotatable bonds is 6. The standard InChI is InChI=1S/C18H29NO2/c1-12-5-6-14(3)18(9-12)21-11-16(20)10-19-17-8-7-13(2)15(17)4/h5-6,9,13,15-17,19-20H,7-8,10-11H2,1-4H3. The highest BCUT2D eigenvalue weighted by Gasteiger charge is 2.29. The third kappa shape index (κ3) is 4.45. The molecule has 1 aromatic rings. The van der Waals surface area contributed by atoms with Crippen LogP contribution in [0, 0.1) is 25.7 Å². The third-order valence-corrected chi connectivity index (χ3v) is 4.86. The van der Waals surface area contributed by atoms with E-state index in [1.165, 1.54) is 18.4 Å². The molecule has 1 aliphatic carbocycles. The van der Waals surface area contributed by atoms with E-state index in [0.29, 0.717) is 25.1 Å². The first-order valence-corrected chi connectivity index (χ1v) is 8.09. The molecule has 0 aromatic heterocycles. The lowest BCUT2D eigenvalue weighted by atomic mass is 9.98. The van der Waals surface area contributed by atoms with Gasteiger partial charge in [-0.05, 0) is 55.7 Å². The highest BCUT2D eigenvalue weighted by atomic mass is 16.5. The van der Waals surface area contributed by atoms with Crippen LogP contribution in [0.1, 0.15) is 37.8 Å². The Hall–Kier alpha value is -1.06. The lowest BCUT2D eigenvalue weighted by Gasteiger charge is -2.22. The van der Waals surface area contributed by atoms with E-state index in [1.807, 2.05) is 19.9 Å². The Morgan fingerprint density at radius 1 is 1.29 bits per heavy atom. The van der Waals surface area contributed by atoms with Crippen molar-refractivity contribution in [3.63, 3.8) is 0 Å². The van der Waals surface area contributed by atoms with Crippen molar-refractivity contribution < 1.29 is 9.84 Å². The minimum Gasteiger partial charge on any atom is -0.491 e. The highest BCUT2D eigenvalue weighted by molar-refractivity contribution is 5.35. The fraction of sp³-hybridized carbons (Fsp3) is 0.667. The number of aliphatic hydroxyl groups is 1. The van der Waals surface area contributed by atoms with Crippen LogP contribution in [0.15, 0.2) is 18.2 Å². The number of hydrogen-bond donors (Lipinski definition) is 2. The zero-order valence-electron chi connectivity index (χ0n) is 13.7. The van der Waals surface area contributed by atoms with Gasteiger partial charge in [0.1, 0.15) is 18.5 Å². The van der Waals surface area contributed by atoms with E-state index < -0.39 is 6.10 Å². The van der Waals surface area contributed by atoms with Crippen LogP contribution in [0.5, 0.6) is 5.75 Å². The highest BCUT2D eigenvalue weighted by Crippen LogP contribution is 2.30. The van der Waals surface area contributed by atoms with Gasteiger partial charge >= 0.3 is 0 Å². The Labute approximate surface area is 128 Å². The first-order chi connectivity index (χ1) is 9.97. The molecule has 3 nitrogen and oxygen atoms in total. The summed E-state index contributed by atoms with van der Waals surface area (Å²) in [5, 5.41) is 13.6. The van der Waals surface area contributed by atoms with Crippen LogP contribution in [0.2, 0.25) is 0 Å². The van der Waals surface area contributed by atoms with Gasteiger partial charge in [0.25, 0.3) is 0 Å². The second-order valence-electron chi connectivity index (χ2n) is 6.66. The van der Waals surface area contributed by atoms with E-state index in [0.717, 1.165) is 17.2 Å². The van der Waals surface area contributed by atoms with Gasteiger partial charge < -0.3 is 15.2 Å². The molecule has 21 heavy (non-hydrogen) atoms. The van der Waals surface area contributed by atoms with Gasteiger partial charge in [0.05, 0.1) is 0 Å². The molecule has 118 valence electrons. The molecule has 0 radical (unpaired) electrons. The van der Waals surface area contributed by atoms with Crippen molar-refractivity contribution in [2.75, 3.05) is 13.2 Å². The fourth-order valence-corrected chi connectivity index (χ4v) is 3.05. The van der Waals surface area contributed by atoms with Crippen LogP contribution < -0.4 is 10.1 Å². The van der Waals surface area contributed by atoms with Crippen molar-refractivity contribution in [2.45, 2.75) is 52.7 Å². The SMILES string of the molecule is Cc1ccc(C)c(OCC(O)CNC2CCC(C)C2C)c1. The van der Waals surface area contributed by atoms with Gasteiger partial charge in [0.15, 0.2) is 0 Å². The van der Waals surface area contributed by atoms with Crippen LogP contribution in [0.4, 0.5) is 0 Å². The maximum atomic E-state index is 10.1. The molecular formula is C18H29NO2. The first-order valence-electron chi connectivity index (χ1n) is 8.09. The molecule has 0 spiro atoms. The summed E-state index contributed by atoms with van der Waals surface area (Å²) < 4.78 is 5.75. The van der Waals surface area contributed by atoms with Crippen molar-refractivity contribution >= 4 is 0 Å². The topological polar surface area (TPSA) is 41.5 Å². The molecule has 0 heterocycles. The van der Waals surface area contributed by atoms with Gasteiger partial charge in [-0.25, -0.2) is 0 Å². The Bertz CT molecular complexity index is 461. The van der Waals surface area contributed by atoms with E-state index in [4.69, 9.17) is 4.74 Å². The van der Waals surface area contributed by atoms with Gasteiger partial charge in [-0.2, -0.15) is 0 Å². The molecule has 4 atom stereocenters. The van der Waals surface area contributed by atoms with Crippen molar-refractivity contribution in [3.8, 4) is 5.75 Å². The molecule has 1 aliphatic rings. The predicted octanol–water partition coefficient (Wildman–Crippen LogP) is 3.07. The molecule has 0 saturated heterocycles. The molecule has 3 heteroatoms. The smallest absolute Gasteiger partial charge is 0.122 e. The normalized spacial score (nSPS) is 26.8. The zero-order chi connectivity index (χ0) is 15.4. The lowest BCUT2D eigenvalue weighted by molar-refractivity contribution is 0.101. The van der Waals surface area contributed by atoms with Crippen molar-refractivity contribution in [3.05, 3.63) is 29.3 Å². The summed E-state index contributed by atoms with van der Waals surface area (Å²) in [5.41, 5.74) is 2.29. The Balaban J connectivity index is 1.75. The van der Waals surface area contributed by atoms with Gasteiger partial charge in [-0.3, -0.25) is 0 Å².